The topological polar surface area (TPSA) is 0 Å². The van der Waals surface area contributed by atoms with Crippen molar-refractivity contribution >= 4 is 17.3 Å². The summed E-state index contributed by atoms with van der Waals surface area (Å²) < 4.78 is 0. The largest absolute Gasteiger partial charge is 0.1000 e. The molecule has 0 bridgehead atoms. The Morgan fingerprint density at radius 3 is 2.52 bits per heavy atom. The van der Waals surface area contributed by atoms with E-state index in [1.54, 1.807) is 17.3 Å². The molecule has 0 saturated carbocycles. The molecule has 1 aromatic carbocycles. The van der Waals surface area contributed by atoms with Gasteiger partial charge in [-0.1, -0.05) is 63.5 Å². The van der Waals surface area contributed by atoms with E-state index in [0.717, 1.165) is 12.8 Å². The van der Waals surface area contributed by atoms with E-state index in [4.69, 9.17) is 0 Å². The quantitative estimate of drug-likeness (QED) is 0.579. The molecule has 0 amide bonds. The van der Waals surface area contributed by atoms with Crippen molar-refractivity contribution in [2.24, 2.45) is 5.92 Å². The SMILES string of the molecule is C=C1CCC(C)C(=C)S1.C=C1CCc2c(CC)cccc21. The number of rotatable bonds is 1. The van der Waals surface area contributed by atoms with Crippen LogP contribution in [0.15, 0.2) is 47.7 Å². The lowest BCUT2D eigenvalue weighted by Gasteiger charge is -2.20. The van der Waals surface area contributed by atoms with Gasteiger partial charge in [-0.05, 0) is 70.1 Å². The molecule has 1 atom stereocenters. The molecular formula is C20H26S. The third-order valence-electron chi connectivity index (χ3n) is 4.39. The van der Waals surface area contributed by atoms with E-state index in [1.807, 2.05) is 0 Å². The number of hydrogen-bond donors (Lipinski definition) is 0. The molecule has 0 spiro atoms. The molecule has 0 radical (unpaired) electrons. The molecule has 1 aliphatic heterocycles. The van der Waals surface area contributed by atoms with Gasteiger partial charge in [-0.2, -0.15) is 0 Å². The molecule has 1 heteroatoms. The lowest BCUT2D eigenvalue weighted by Crippen LogP contribution is -2.01. The van der Waals surface area contributed by atoms with E-state index in [9.17, 15) is 0 Å². The second kappa shape index (κ2) is 7.17. The zero-order chi connectivity index (χ0) is 15.4. The normalized spacial score (nSPS) is 20.9. The van der Waals surface area contributed by atoms with Crippen molar-refractivity contribution in [2.75, 3.05) is 0 Å². The third-order valence-corrected chi connectivity index (χ3v) is 5.55. The first-order valence-corrected chi connectivity index (χ1v) is 8.68. The first kappa shape index (κ1) is 16.2. The van der Waals surface area contributed by atoms with Crippen LogP contribution in [-0.2, 0) is 12.8 Å². The average molecular weight is 298 g/mol. The van der Waals surface area contributed by atoms with Crippen molar-refractivity contribution < 1.29 is 0 Å². The van der Waals surface area contributed by atoms with E-state index >= 15 is 0 Å². The minimum absolute atomic E-state index is 0.695. The predicted octanol–water partition coefficient (Wildman–Crippen LogP) is 6.39. The maximum atomic E-state index is 4.07. The van der Waals surface area contributed by atoms with Crippen LogP contribution < -0.4 is 0 Å². The first-order valence-electron chi connectivity index (χ1n) is 7.86. The average Bonchev–Trinajstić information content (AvgIpc) is 2.86. The highest BCUT2D eigenvalue weighted by Gasteiger charge is 2.16. The number of aryl methyl sites for hydroxylation is 1. The Morgan fingerprint density at radius 2 is 1.90 bits per heavy atom. The van der Waals surface area contributed by atoms with Gasteiger partial charge in [-0.25, -0.2) is 0 Å². The van der Waals surface area contributed by atoms with Gasteiger partial charge in [-0.3, -0.25) is 0 Å². The van der Waals surface area contributed by atoms with Crippen LogP contribution in [0.5, 0.6) is 0 Å². The Balaban J connectivity index is 0.000000161. The number of fused-ring (bicyclic) bond motifs is 1. The summed E-state index contributed by atoms with van der Waals surface area (Å²) in [5.74, 6) is 0.695. The summed E-state index contributed by atoms with van der Waals surface area (Å²) in [5.41, 5.74) is 5.78. The fourth-order valence-electron chi connectivity index (χ4n) is 2.88. The van der Waals surface area contributed by atoms with Crippen molar-refractivity contribution in [3.8, 4) is 0 Å². The van der Waals surface area contributed by atoms with Gasteiger partial charge in [-0.15, -0.1) is 0 Å². The molecule has 21 heavy (non-hydrogen) atoms. The van der Waals surface area contributed by atoms with Gasteiger partial charge in [0.15, 0.2) is 0 Å². The van der Waals surface area contributed by atoms with Crippen molar-refractivity contribution in [1.82, 2.24) is 0 Å². The van der Waals surface area contributed by atoms with E-state index in [2.05, 4.69) is 51.8 Å². The molecule has 1 unspecified atom stereocenters. The molecular weight excluding hydrogens is 272 g/mol. The summed E-state index contributed by atoms with van der Waals surface area (Å²) in [5, 5.41) is 0. The molecule has 0 aromatic heterocycles. The van der Waals surface area contributed by atoms with E-state index in [-0.39, 0.29) is 0 Å². The number of benzene rings is 1. The van der Waals surface area contributed by atoms with Gasteiger partial charge in [0.2, 0.25) is 0 Å². The second-order valence-electron chi connectivity index (χ2n) is 5.95. The lowest BCUT2D eigenvalue weighted by molar-refractivity contribution is 0.638. The zero-order valence-electron chi connectivity index (χ0n) is 13.4. The minimum Gasteiger partial charge on any atom is -0.1000 e. The first-order chi connectivity index (χ1) is 10.0. The van der Waals surface area contributed by atoms with E-state index in [0.29, 0.717) is 5.92 Å². The molecule has 0 N–H and O–H groups in total. The molecule has 3 rings (SSSR count). The molecule has 1 heterocycles. The van der Waals surface area contributed by atoms with E-state index < -0.39 is 0 Å². The predicted molar refractivity (Wildman–Crippen MR) is 97.4 cm³/mol. The maximum Gasteiger partial charge on any atom is -0.0129 e. The summed E-state index contributed by atoms with van der Waals surface area (Å²) in [4.78, 5) is 2.56. The third kappa shape index (κ3) is 3.91. The summed E-state index contributed by atoms with van der Waals surface area (Å²) in [6.07, 6.45) is 5.93. The Bertz CT molecular complexity index is 565. The summed E-state index contributed by atoms with van der Waals surface area (Å²) in [6.45, 7) is 16.4. The van der Waals surface area contributed by atoms with Crippen molar-refractivity contribution in [1.29, 1.82) is 0 Å². The number of hydrogen-bond acceptors (Lipinski definition) is 1. The molecule has 1 aliphatic carbocycles. The standard InChI is InChI=1S/C12H14.C8H12S/c1-3-10-5-4-6-11-9(2)7-8-12(10)11;1-6-4-5-7(2)9-8(6)3/h4-6H,2-3,7-8H2,1H3;6H,2-5H2,1H3. The molecule has 1 fully saturated rings. The fraction of sp³-hybridized carbons (Fsp3) is 0.400. The Morgan fingerprint density at radius 1 is 1.14 bits per heavy atom. The smallest absolute Gasteiger partial charge is 0.0129 e. The number of allylic oxidation sites excluding steroid dienone is 3. The highest BCUT2D eigenvalue weighted by atomic mass is 32.2. The fourth-order valence-corrected chi connectivity index (χ4v) is 3.79. The van der Waals surface area contributed by atoms with Crippen LogP contribution in [0, 0.1) is 5.92 Å². The van der Waals surface area contributed by atoms with E-state index in [1.165, 1.54) is 45.8 Å². The van der Waals surface area contributed by atoms with Gasteiger partial charge < -0.3 is 0 Å². The summed E-state index contributed by atoms with van der Waals surface area (Å²) in [7, 11) is 0. The van der Waals surface area contributed by atoms with Crippen molar-refractivity contribution in [3.63, 3.8) is 0 Å². The Labute approximate surface area is 134 Å². The Hall–Kier alpha value is -1.21. The second-order valence-corrected chi connectivity index (χ2v) is 7.25. The molecule has 0 nitrogen and oxygen atoms in total. The van der Waals surface area contributed by atoms with Gasteiger partial charge in [0, 0.05) is 0 Å². The van der Waals surface area contributed by atoms with Gasteiger partial charge in [0.05, 0.1) is 0 Å². The maximum absolute atomic E-state index is 4.07. The van der Waals surface area contributed by atoms with Crippen LogP contribution >= 0.6 is 11.8 Å². The lowest BCUT2D eigenvalue weighted by atomic mass is 10.0. The van der Waals surface area contributed by atoms with Crippen molar-refractivity contribution in [3.05, 3.63) is 64.4 Å². The van der Waals surface area contributed by atoms with Gasteiger partial charge in [0.1, 0.15) is 0 Å². The number of thioether (sulfide) groups is 1. The zero-order valence-corrected chi connectivity index (χ0v) is 14.2. The van der Waals surface area contributed by atoms with Crippen LogP contribution in [0.1, 0.15) is 49.8 Å². The van der Waals surface area contributed by atoms with Gasteiger partial charge in [0.25, 0.3) is 0 Å². The Kier molecular flexibility index (Phi) is 5.52. The molecule has 112 valence electrons. The molecule has 1 saturated heterocycles. The minimum atomic E-state index is 0.695. The molecule has 2 aliphatic rings. The van der Waals surface area contributed by atoms with Crippen LogP contribution in [0.2, 0.25) is 0 Å². The molecule has 1 aromatic rings. The summed E-state index contributed by atoms with van der Waals surface area (Å²) in [6, 6.07) is 6.58. The van der Waals surface area contributed by atoms with Gasteiger partial charge >= 0.3 is 0 Å². The van der Waals surface area contributed by atoms with Crippen LogP contribution in [0.4, 0.5) is 0 Å². The van der Waals surface area contributed by atoms with Crippen LogP contribution in [-0.4, -0.2) is 0 Å². The highest BCUT2D eigenvalue weighted by Crippen LogP contribution is 2.39. The van der Waals surface area contributed by atoms with Crippen LogP contribution in [0.3, 0.4) is 0 Å². The summed E-state index contributed by atoms with van der Waals surface area (Å²) >= 11 is 1.76. The monoisotopic (exact) mass is 298 g/mol. The van der Waals surface area contributed by atoms with Crippen molar-refractivity contribution in [2.45, 2.75) is 46.0 Å². The van der Waals surface area contributed by atoms with Crippen LogP contribution in [0.25, 0.3) is 5.57 Å². The highest BCUT2D eigenvalue weighted by molar-refractivity contribution is 8.06.